The molecule has 0 radical (unpaired) electrons. The molecule has 1 saturated carbocycles. The molecule has 2 atom stereocenters. The summed E-state index contributed by atoms with van der Waals surface area (Å²) in [5, 5.41) is 13.0. The van der Waals surface area contributed by atoms with Crippen LogP contribution in [0.3, 0.4) is 0 Å². The zero-order valence-corrected chi connectivity index (χ0v) is 12.4. The first kappa shape index (κ1) is 14.6. The van der Waals surface area contributed by atoms with E-state index < -0.39 is 23.2 Å². The predicted molar refractivity (Wildman–Crippen MR) is 70.8 cm³/mol. The van der Waals surface area contributed by atoms with E-state index in [0.717, 1.165) is 11.3 Å². The number of nitrogens with zero attached hydrogens (tertiary/aromatic N) is 2. The molecule has 1 heterocycles. The van der Waals surface area contributed by atoms with Crippen molar-refractivity contribution in [2.45, 2.75) is 34.2 Å². The average molecular weight is 280 g/mol. The number of carboxylic acids is 1. The Bertz CT molecular complexity index is 542. The number of aromatic nitrogens is 1. The van der Waals surface area contributed by atoms with Crippen molar-refractivity contribution in [2.75, 3.05) is 7.05 Å². The second kappa shape index (κ2) is 4.61. The van der Waals surface area contributed by atoms with Gasteiger partial charge in [0.2, 0.25) is 5.91 Å². The third-order valence-electron chi connectivity index (χ3n) is 4.31. The number of amides is 1. The van der Waals surface area contributed by atoms with Crippen LogP contribution in [0, 0.1) is 31.1 Å². The normalized spacial score (nSPS) is 23.4. The highest BCUT2D eigenvalue weighted by molar-refractivity contribution is 5.91. The molecule has 0 bridgehead atoms. The van der Waals surface area contributed by atoms with E-state index in [4.69, 9.17) is 9.63 Å². The summed E-state index contributed by atoms with van der Waals surface area (Å²) in [5.74, 6) is -1.40. The molecule has 0 saturated heterocycles. The van der Waals surface area contributed by atoms with Gasteiger partial charge in [-0.3, -0.25) is 9.59 Å². The summed E-state index contributed by atoms with van der Waals surface area (Å²) in [4.78, 5) is 25.1. The van der Waals surface area contributed by atoms with Gasteiger partial charge in [-0.2, -0.15) is 0 Å². The molecular formula is C14H20N2O4. The van der Waals surface area contributed by atoms with E-state index in [9.17, 15) is 9.59 Å². The third-order valence-corrected chi connectivity index (χ3v) is 4.31. The minimum Gasteiger partial charge on any atom is -0.481 e. The van der Waals surface area contributed by atoms with E-state index in [1.807, 2.05) is 20.8 Å². The molecule has 2 unspecified atom stereocenters. The molecular weight excluding hydrogens is 260 g/mol. The first-order chi connectivity index (χ1) is 9.17. The molecule has 0 aromatic carbocycles. The fraction of sp³-hybridized carbons (Fsp3) is 0.643. The van der Waals surface area contributed by atoms with Crippen molar-refractivity contribution in [3.63, 3.8) is 0 Å². The van der Waals surface area contributed by atoms with Gasteiger partial charge in [-0.1, -0.05) is 19.0 Å². The SMILES string of the molecule is Cc1noc(C)c1CN(C)C(=O)C1C(C(=O)O)C1(C)C. The average Bonchev–Trinajstić information content (AvgIpc) is 2.81. The molecule has 6 nitrogen and oxygen atoms in total. The molecule has 1 aromatic heterocycles. The summed E-state index contributed by atoms with van der Waals surface area (Å²) < 4.78 is 5.07. The predicted octanol–water partition coefficient (Wildman–Crippen LogP) is 1.61. The van der Waals surface area contributed by atoms with Crippen molar-refractivity contribution in [2.24, 2.45) is 17.3 Å². The van der Waals surface area contributed by atoms with Crippen LogP contribution in [-0.2, 0) is 16.1 Å². The van der Waals surface area contributed by atoms with Gasteiger partial charge in [0.25, 0.3) is 0 Å². The Hall–Kier alpha value is -1.85. The minimum absolute atomic E-state index is 0.137. The Morgan fingerprint density at radius 2 is 1.95 bits per heavy atom. The Kier molecular flexibility index (Phi) is 3.36. The number of aliphatic carboxylic acids is 1. The second-order valence-corrected chi connectivity index (χ2v) is 6.11. The molecule has 1 aliphatic rings. The van der Waals surface area contributed by atoms with Crippen molar-refractivity contribution in [1.29, 1.82) is 0 Å². The number of carbonyl (C=O) groups excluding carboxylic acids is 1. The highest BCUT2D eigenvalue weighted by Crippen LogP contribution is 2.59. The summed E-state index contributed by atoms with van der Waals surface area (Å²) in [6.45, 7) is 7.65. The Morgan fingerprint density at radius 3 is 2.35 bits per heavy atom. The maximum Gasteiger partial charge on any atom is 0.307 e. The molecule has 1 N–H and O–H groups in total. The molecule has 1 aromatic rings. The van der Waals surface area contributed by atoms with Crippen LogP contribution in [0.1, 0.15) is 30.9 Å². The quantitative estimate of drug-likeness (QED) is 0.905. The number of aryl methyl sites for hydroxylation is 2. The number of hydrogen-bond acceptors (Lipinski definition) is 4. The number of rotatable bonds is 4. The van der Waals surface area contributed by atoms with E-state index >= 15 is 0 Å². The monoisotopic (exact) mass is 280 g/mol. The first-order valence-corrected chi connectivity index (χ1v) is 6.57. The van der Waals surface area contributed by atoms with Crippen LogP contribution >= 0.6 is 0 Å². The summed E-state index contributed by atoms with van der Waals surface area (Å²) in [7, 11) is 1.68. The molecule has 1 amide bonds. The van der Waals surface area contributed by atoms with Crippen LogP contribution in [0.15, 0.2) is 4.52 Å². The lowest BCUT2D eigenvalue weighted by Crippen LogP contribution is -2.30. The summed E-state index contributed by atoms with van der Waals surface area (Å²) in [5.41, 5.74) is 1.16. The van der Waals surface area contributed by atoms with Crippen molar-refractivity contribution < 1.29 is 19.2 Å². The van der Waals surface area contributed by atoms with Gasteiger partial charge in [0.1, 0.15) is 5.76 Å². The number of carbonyl (C=O) groups is 2. The van der Waals surface area contributed by atoms with Gasteiger partial charge in [0, 0.05) is 12.6 Å². The zero-order valence-electron chi connectivity index (χ0n) is 12.4. The molecule has 110 valence electrons. The van der Waals surface area contributed by atoms with Gasteiger partial charge in [-0.05, 0) is 19.3 Å². The van der Waals surface area contributed by atoms with Gasteiger partial charge < -0.3 is 14.5 Å². The fourth-order valence-electron chi connectivity index (χ4n) is 2.84. The lowest BCUT2D eigenvalue weighted by molar-refractivity contribution is -0.141. The second-order valence-electron chi connectivity index (χ2n) is 6.11. The van der Waals surface area contributed by atoms with Crippen molar-refractivity contribution >= 4 is 11.9 Å². The lowest BCUT2D eigenvalue weighted by Gasteiger charge is -2.17. The Balaban J connectivity index is 2.10. The van der Waals surface area contributed by atoms with Crippen LogP contribution in [-0.4, -0.2) is 34.1 Å². The first-order valence-electron chi connectivity index (χ1n) is 6.57. The highest BCUT2D eigenvalue weighted by Gasteiger charge is 2.66. The molecule has 1 fully saturated rings. The van der Waals surface area contributed by atoms with Gasteiger partial charge in [-0.15, -0.1) is 0 Å². The molecule has 2 rings (SSSR count). The van der Waals surface area contributed by atoms with Gasteiger partial charge in [0.05, 0.1) is 24.1 Å². The van der Waals surface area contributed by atoms with E-state index in [1.54, 1.807) is 18.9 Å². The molecule has 1 aliphatic carbocycles. The fourth-order valence-corrected chi connectivity index (χ4v) is 2.84. The standard InChI is InChI=1S/C14H20N2O4/c1-7-9(8(2)20-15-7)6-16(5)12(17)10-11(13(18)19)14(10,3)4/h10-11H,6H2,1-5H3,(H,18,19). The Morgan fingerprint density at radius 1 is 1.35 bits per heavy atom. The van der Waals surface area contributed by atoms with Gasteiger partial charge in [0.15, 0.2) is 0 Å². The summed E-state index contributed by atoms with van der Waals surface area (Å²) in [6.07, 6.45) is 0. The van der Waals surface area contributed by atoms with Crippen LogP contribution in [0.2, 0.25) is 0 Å². The van der Waals surface area contributed by atoms with Crippen molar-refractivity contribution in [3.8, 4) is 0 Å². The van der Waals surface area contributed by atoms with E-state index in [-0.39, 0.29) is 5.91 Å². The molecule has 0 spiro atoms. The maximum atomic E-state index is 12.4. The van der Waals surface area contributed by atoms with Crippen LogP contribution < -0.4 is 0 Å². The van der Waals surface area contributed by atoms with Gasteiger partial charge in [-0.25, -0.2) is 0 Å². The molecule has 0 aliphatic heterocycles. The lowest BCUT2D eigenvalue weighted by atomic mass is 10.1. The number of hydrogen-bond donors (Lipinski definition) is 1. The summed E-state index contributed by atoms with van der Waals surface area (Å²) in [6, 6.07) is 0. The Labute approximate surface area is 117 Å². The third kappa shape index (κ3) is 2.19. The van der Waals surface area contributed by atoms with E-state index in [1.165, 1.54) is 0 Å². The highest BCUT2D eigenvalue weighted by atomic mass is 16.5. The maximum absolute atomic E-state index is 12.4. The smallest absolute Gasteiger partial charge is 0.307 e. The zero-order chi connectivity index (χ0) is 15.2. The topological polar surface area (TPSA) is 83.6 Å². The minimum atomic E-state index is -0.904. The van der Waals surface area contributed by atoms with Gasteiger partial charge >= 0.3 is 5.97 Å². The molecule has 20 heavy (non-hydrogen) atoms. The van der Waals surface area contributed by atoms with Crippen molar-refractivity contribution in [3.05, 3.63) is 17.0 Å². The number of carboxylic acid groups (broad SMARTS) is 1. The van der Waals surface area contributed by atoms with Crippen molar-refractivity contribution in [1.82, 2.24) is 10.1 Å². The summed E-state index contributed by atoms with van der Waals surface area (Å²) >= 11 is 0. The van der Waals surface area contributed by atoms with E-state index in [0.29, 0.717) is 12.3 Å². The molecule has 6 heteroatoms. The van der Waals surface area contributed by atoms with Crippen LogP contribution in [0.25, 0.3) is 0 Å². The largest absolute Gasteiger partial charge is 0.481 e. The van der Waals surface area contributed by atoms with Crippen LogP contribution in [0.5, 0.6) is 0 Å². The van der Waals surface area contributed by atoms with Crippen LogP contribution in [0.4, 0.5) is 0 Å². The van der Waals surface area contributed by atoms with E-state index in [2.05, 4.69) is 5.16 Å².